The fraction of sp³-hybridized carbons (Fsp3) is 0.500. The summed E-state index contributed by atoms with van der Waals surface area (Å²) in [5.74, 6) is -1.14. The summed E-state index contributed by atoms with van der Waals surface area (Å²) in [6, 6.07) is 5.58. The van der Waals surface area contributed by atoms with E-state index in [2.05, 4.69) is 5.32 Å². The highest BCUT2D eigenvalue weighted by Gasteiger charge is 2.48. The van der Waals surface area contributed by atoms with Crippen molar-refractivity contribution in [2.75, 3.05) is 19.7 Å². The topological polar surface area (TPSA) is 75.7 Å². The molecule has 1 aromatic carbocycles. The Bertz CT molecular complexity index is 638. The van der Waals surface area contributed by atoms with Crippen molar-refractivity contribution in [2.45, 2.75) is 25.7 Å². The molecule has 0 bridgehead atoms. The summed E-state index contributed by atoms with van der Waals surface area (Å²) in [5, 5.41) is 2.63. The van der Waals surface area contributed by atoms with E-state index in [1.165, 1.54) is 24.3 Å². The first-order valence-electron chi connectivity index (χ1n) is 8.56. The van der Waals surface area contributed by atoms with E-state index in [0.717, 1.165) is 30.6 Å². The Labute approximate surface area is 145 Å². The molecule has 1 saturated carbocycles. The number of carbonyl (C=O) groups is 3. The molecule has 0 radical (unpaired) electrons. The first kappa shape index (κ1) is 17.4. The van der Waals surface area contributed by atoms with Crippen LogP contribution < -0.4 is 10.1 Å². The molecule has 3 rings (SSSR count). The van der Waals surface area contributed by atoms with Gasteiger partial charge in [-0.1, -0.05) is 12.8 Å². The predicted octanol–water partition coefficient (Wildman–Crippen LogP) is 1.50. The van der Waals surface area contributed by atoms with Crippen molar-refractivity contribution in [3.05, 3.63) is 30.1 Å². The van der Waals surface area contributed by atoms with Gasteiger partial charge < -0.3 is 10.1 Å². The van der Waals surface area contributed by atoms with Crippen LogP contribution in [-0.4, -0.2) is 42.3 Å². The normalized spacial score (nSPS) is 22.7. The van der Waals surface area contributed by atoms with Gasteiger partial charge >= 0.3 is 0 Å². The molecule has 1 aliphatic carbocycles. The molecule has 134 valence electrons. The lowest BCUT2D eigenvalue weighted by atomic mass is 9.81. The first-order chi connectivity index (χ1) is 12.1. The molecule has 2 fully saturated rings. The second-order valence-electron chi connectivity index (χ2n) is 6.41. The van der Waals surface area contributed by atoms with Gasteiger partial charge in [0.1, 0.15) is 24.7 Å². The van der Waals surface area contributed by atoms with Gasteiger partial charge in [-0.15, -0.1) is 0 Å². The number of fused-ring (bicyclic) bond motifs is 1. The van der Waals surface area contributed by atoms with E-state index in [1.807, 2.05) is 0 Å². The molecule has 0 aromatic heterocycles. The molecule has 3 amide bonds. The average Bonchev–Trinajstić information content (AvgIpc) is 2.86. The molecule has 6 nitrogen and oxygen atoms in total. The fourth-order valence-electron chi connectivity index (χ4n) is 3.48. The van der Waals surface area contributed by atoms with Gasteiger partial charge in [-0.3, -0.25) is 19.3 Å². The molecule has 0 unspecified atom stereocenters. The van der Waals surface area contributed by atoms with E-state index < -0.39 is 0 Å². The monoisotopic (exact) mass is 348 g/mol. The SMILES string of the molecule is O=C(CN1C(=O)[C@@H]2CCCC[C@H]2C1=O)NCCOc1ccc(F)cc1. The molecule has 7 heteroatoms. The lowest BCUT2D eigenvalue weighted by Gasteiger charge is -2.19. The summed E-state index contributed by atoms with van der Waals surface area (Å²) in [7, 11) is 0. The molecular weight excluding hydrogens is 327 g/mol. The van der Waals surface area contributed by atoms with Crippen molar-refractivity contribution >= 4 is 17.7 Å². The molecule has 0 spiro atoms. The Morgan fingerprint density at radius 1 is 1.12 bits per heavy atom. The van der Waals surface area contributed by atoms with Gasteiger partial charge in [0.25, 0.3) is 0 Å². The van der Waals surface area contributed by atoms with Gasteiger partial charge in [-0.2, -0.15) is 0 Å². The number of amides is 3. The van der Waals surface area contributed by atoms with E-state index in [1.54, 1.807) is 0 Å². The van der Waals surface area contributed by atoms with Gasteiger partial charge in [-0.05, 0) is 37.1 Å². The molecule has 2 aliphatic rings. The maximum Gasteiger partial charge on any atom is 0.240 e. The highest BCUT2D eigenvalue weighted by Crippen LogP contribution is 2.37. The highest BCUT2D eigenvalue weighted by molar-refractivity contribution is 6.07. The smallest absolute Gasteiger partial charge is 0.240 e. The molecule has 2 atom stereocenters. The third kappa shape index (κ3) is 3.97. The Kier molecular flexibility index (Phi) is 5.31. The summed E-state index contributed by atoms with van der Waals surface area (Å²) in [4.78, 5) is 37.7. The van der Waals surface area contributed by atoms with Crippen LogP contribution in [0.1, 0.15) is 25.7 Å². The first-order valence-corrected chi connectivity index (χ1v) is 8.56. The maximum absolute atomic E-state index is 12.8. The standard InChI is InChI=1S/C18H21FN2O4/c19-12-5-7-13(8-6-12)25-10-9-20-16(22)11-21-17(23)14-3-1-2-4-15(14)18(21)24/h5-8,14-15H,1-4,9-11H2,(H,20,22)/t14-,15-/m1/s1. The lowest BCUT2D eigenvalue weighted by molar-refractivity contribution is -0.143. The summed E-state index contributed by atoms with van der Waals surface area (Å²) in [6.45, 7) is 0.213. The predicted molar refractivity (Wildman–Crippen MR) is 87.1 cm³/mol. The molecule has 1 N–H and O–H groups in total. The van der Waals surface area contributed by atoms with E-state index in [0.29, 0.717) is 5.75 Å². The zero-order valence-electron chi connectivity index (χ0n) is 13.9. The van der Waals surface area contributed by atoms with Crippen LogP contribution in [0.3, 0.4) is 0 Å². The minimum Gasteiger partial charge on any atom is -0.492 e. The number of hydrogen-bond acceptors (Lipinski definition) is 4. The third-order valence-corrected chi connectivity index (χ3v) is 4.74. The number of benzene rings is 1. The van der Waals surface area contributed by atoms with Gasteiger partial charge in [0.15, 0.2) is 0 Å². The molecular formula is C18H21FN2O4. The quantitative estimate of drug-likeness (QED) is 0.624. The van der Waals surface area contributed by atoms with Crippen LogP contribution >= 0.6 is 0 Å². The summed E-state index contributed by atoms with van der Waals surface area (Å²) >= 11 is 0. The summed E-state index contributed by atoms with van der Waals surface area (Å²) < 4.78 is 18.1. The molecule has 1 heterocycles. The molecule has 1 saturated heterocycles. The fourth-order valence-corrected chi connectivity index (χ4v) is 3.48. The van der Waals surface area contributed by atoms with Crippen LogP contribution in [0.15, 0.2) is 24.3 Å². The highest BCUT2D eigenvalue weighted by atomic mass is 19.1. The van der Waals surface area contributed by atoms with Crippen molar-refractivity contribution in [2.24, 2.45) is 11.8 Å². The van der Waals surface area contributed by atoms with Crippen LogP contribution in [0.4, 0.5) is 4.39 Å². The van der Waals surface area contributed by atoms with Crippen LogP contribution in [-0.2, 0) is 14.4 Å². The van der Waals surface area contributed by atoms with Crippen molar-refractivity contribution < 1.29 is 23.5 Å². The van der Waals surface area contributed by atoms with Crippen molar-refractivity contribution in [1.29, 1.82) is 0 Å². The Morgan fingerprint density at radius 2 is 1.72 bits per heavy atom. The number of carbonyl (C=O) groups excluding carboxylic acids is 3. The molecule has 1 aliphatic heterocycles. The van der Waals surface area contributed by atoms with Crippen LogP contribution in [0, 0.1) is 17.7 Å². The number of nitrogens with zero attached hydrogens (tertiary/aromatic N) is 1. The number of rotatable bonds is 6. The van der Waals surface area contributed by atoms with Gasteiger partial charge in [0.2, 0.25) is 17.7 Å². The zero-order valence-corrected chi connectivity index (χ0v) is 13.9. The zero-order chi connectivity index (χ0) is 17.8. The molecule has 25 heavy (non-hydrogen) atoms. The van der Waals surface area contributed by atoms with Gasteiger partial charge in [-0.25, -0.2) is 4.39 Å². The van der Waals surface area contributed by atoms with Crippen molar-refractivity contribution in [3.8, 4) is 5.75 Å². The van der Waals surface area contributed by atoms with E-state index in [9.17, 15) is 18.8 Å². The Morgan fingerprint density at radius 3 is 2.32 bits per heavy atom. The number of likely N-dealkylation sites (tertiary alicyclic amines) is 1. The van der Waals surface area contributed by atoms with Gasteiger partial charge in [0.05, 0.1) is 18.4 Å². The minimum absolute atomic E-state index is 0.213. The number of ether oxygens (including phenoxy) is 1. The maximum atomic E-state index is 12.8. The average molecular weight is 348 g/mol. The minimum atomic E-state index is -0.386. The van der Waals surface area contributed by atoms with E-state index >= 15 is 0 Å². The van der Waals surface area contributed by atoms with Crippen molar-refractivity contribution in [3.63, 3.8) is 0 Å². The molecule has 1 aromatic rings. The van der Waals surface area contributed by atoms with Crippen LogP contribution in [0.5, 0.6) is 5.75 Å². The summed E-state index contributed by atoms with van der Waals surface area (Å²) in [5.41, 5.74) is 0. The van der Waals surface area contributed by atoms with Crippen LogP contribution in [0.25, 0.3) is 0 Å². The number of nitrogens with one attached hydrogen (secondary N) is 1. The Balaban J connectivity index is 1.42. The Hall–Kier alpha value is -2.44. The van der Waals surface area contributed by atoms with Crippen molar-refractivity contribution in [1.82, 2.24) is 10.2 Å². The summed E-state index contributed by atoms with van der Waals surface area (Å²) in [6.07, 6.45) is 3.39. The second kappa shape index (κ2) is 7.63. The number of halogens is 1. The number of imide groups is 1. The largest absolute Gasteiger partial charge is 0.492 e. The lowest BCUT2D eigenvalue weighted by Crippen LogP contribution is -2.42. The van der Waals surface area contributed by atoms with Crippen LogP contribution in [0.2, 0.25) is 0 Å². The van der Waals surface area contributed by atoms with Gasteiger partial charge in [0, 0.05) is 0 Å². The van der Waals surface area contributed by atoms with E-state index in [4.69, 9.17) is 4.74 Å². The van der Waals surface area contributed by atoms with E-state index in [-0.39, 0.29) is 55.1 Å². The second-order valence-corrected chi connectivity index (χ2v) is 6.41. The third-order valence-electron chi connectivity index (χ3n) is 4.74. The number of hydrogen-bond donors (Lipinski definition) is 1.